The van der Waals surface area contributed by atoms with Gasteiger partial charge in [0.2, 0.25) is 5.91 Å². The molecule has 1 aliphatic rings. The fraction of sp³-hybridized carbons (Fsp3) is 0.364. The Morgan fingerprint density at radius 1 is 1.17 bits per heavy atom. The van der Waals surface area contributed by atoms with Crippen LogP contribution >= 0.6 is 24.0 Å². The van der Waals surface area contributed by atoms with Crippen LogP contribution in [0.2, 0.25) is 0 Å². The van der Waals surface area contributed by atoms with E-state index in [0.29, 0.717) is 11.6 Å². The predicted molar refractivity (Wildman–Crippen MR) is 133 cm³/mol. The van der Waals surface area contributed by atoms with Crippen LogP contribution in [0.3, 0.4) is 0 Å². The van der Waals surface area contributed by atoms with Crippen molar-refractivity contribution in [3.05, 3.63) is 54.1 Å². The minimum absolute atomic E-state index is 0. The zero-order valence-corrected chi connectivity index (χ0v) is 19.7. The number of phenols is 1. The van der Waals surface area contributed by atoms with Crippen molar-refractivity contribution in [2.24, 2.45) is 4.99 Å². The Bertz CT molecular complexity index is 840. The van der Waals surface area contributed by atoms with Gasteiger partial charge < -0.3 is 26.0 Å². The van der Waals surface area contributed by atoms with E-state index in [0.717, 1.165) is 26.1 Å². The van der Waals surface area contributed by atoms with Crippen molar-refractivity contribution in [1.29, 1.82) is 0 Å². The number of aryl methyl sites for hydroxylation is 1. The molecule has 0 aromatic heterocycles. The maximum Gasteiger partial charge on any atom is 0.246 e. The van der Waals surface area contributed by atoms with Gasteiger partial charge in [0.25, 0.3) is 0 Å². The molecule has 2 aromatic rings. The van der Waals surface area contributed by atoms with E-state index in [-0.39, 0.29) is 48.2 Å². The molecule has 1 unspecified atom stereocenters. The molecule has 0 spiro atoms. The fourth-order valence-corrected chi connectivity index (χ4v) is 3.28. The molecule has 7 nitrogen and oxygen atoms in total. The molecule has 0 aliphatic carbocycles. The number of amides is 1. The van der Waals surface area contributed by atoms with Crippen molar-refractivity contribution >= 4 is 47.2 Å². The summed E-state index contributed by atoms with van der Waals surface area (Å²) in [7, 11) is 0. The number of benzene rings is 2. The summed E-state index contributed by atoms with van der Waals surface area (Å²) in [6, 6.07) is 15.2. The Morgan fingerprint density at radius 3 is 2.53 bits per heavy atom. The van der Waals surface area contributed by atoms with Crippen molar-refractivity contribution in [1.82, 2.24) is 10.6 Å². The topological polar surface area (TPSA) is 89.0 Å². The van der Waals surface area contributed by atoms with Gasteiger partial charge in [-0.2, -0.15) is 0 Å². The number of hydrogen-bond donors (Lipinski definition) is 4. The highest BCUT2D eigenvalue weighted by molar-refractivity contribution is 14.0. The number of carbonyl (C=O) groups is 1. The van der Waals surface area contributed by atoms with Gasteiger partial charge in [-0.05, 0) is 56.7 Å². The number of anilines is 2. The van der Waals surface area contributed by atoms with Gasteiger partial charge in [0.15, 0.2) is 5.96 Å². The summed E-state index contributed by atoms with van der Waals surface area (Å²) < 4.78 is 0. The van der Waals surface area contributed by atoms with Crippen LogP contribution in [0, 0.1) is 6.92 Å². The second kappa shape index (κ2) is 11.6. The van der Waals surface area contributed by atoms with Crippen molar-refractivity contribution in [2.45, 2.75) is 26.3 Å². The summed E-state index contributed by atoms with van der Waals surface area (Å²) in [4.78, 5) is 18.9. The van der Waals surface area contributed by atoms with E-state index >= 15 is 0 Å². The molecule has 4 N–H and O–H groups in total. The third kappa shape index (κ3) is 7.08. The summed E-state index contributed by atoms with van der Waals surface area (Å²) in [5.41, 5.74) is 3.12. The van der Waals surface area contributed by atoms with Gasteiger partial charge in [0, 0.05) is 37.1 Å². The summed E-state index contributed by atoms with van der Waals surface area (Å²) in [6.45, 7) is 6.72. The van der Waals surface area contributed by atoms with Gasteiger partial charge in [0.05, 0.1) is 0 Å². The van der Waals surface area contributed by atoms with Gasteiger partial charge >= 0.3 is 0 Å². The SMILES string of the molecule is CCNC(=NCC(=O)Nc1ccc(O)cc1)NC1CCN(c2ccc(C)cc2)C1.I. The lowest BCUT2D eigenvalue weighted by atomic mass is 10.2. The number of aromatic hydroxyl groups is 1. The average molecular weight is 523 g/mol. The van der Waals surface area contributed by atoms with E-state index < -0.39 is 0 Å². The maximum atomic E-state index is 12.2. The Labute approximate surface area is 195 Å². The molecule has 1 saturated heterocycles. The molecule has 0 bridgehead atoms. The van der Waals surface area contributed by atoms with E-state index in [4.69, 9.17) is 0 Å². The first-order valence-corrected chi connectivity index (χ1v) is 9.99. The van der Waals surface area contributed by atoms with Gasteiger partial charge in [-0.15, -0.1) is 24.0 Å². The molecule has 1 aliphatic heterocycles. The second-order valence-electron chi connectivity index (χ2n) is 7.20. The van der Waals surface area contributed by atoms with Crippen LogP contribution in [0.25, 0.3) is 0 Å². The van der Waals surface area contributed by atoms with E-state index in [1.165, 1.54) is 23.4 Å². The molecule has 30 heavy (non-hydrogen) atoms. The molecule has 1 atom stereocenters. The van der Waals surface area contributed by atoms with Crippen LogP contribution in [0.5, 0.6) is 5.75 Å². The summed E-state index contributed by atoms with van der Waals surface area (Å²) >= 11 is 0. The largest absolute Gasteiger partial charge is 0.508 e. The van der Waals surface area contributed by atoms with Crippen LogP contribution in [-0.4, -0.2) is 49.2 Å². The molecule has 3 rings (SSSR count). The highest BCUT2D eigenvalue weighted by Crippen LogP contribution is 2.20. The Hall–Kier alpha value is -2.49. The van der Waals surface area contributed by atoms with Gasteiger partial charge in [0.1, 0.15) is 12.3 Å². The van der Waals surface area contributed by atoms with Gasteiger partial charge in [-0.1, -0.05) is 17.7 Å². The van der Waals surface area contributed by atoms with Crippen LogP contribution in [0.15, 0.2) is 53.5 Å². The molecule has 2 aromatic carbocycles. The Kier molecular flexibility index (Phi) is 9.22. The number of rotatable bonds is 6. The summed E-state index contributed by atoms with van der Waals surface area (Å²) in [6.07, 6.45) is 1.01. The fourth-order valence-electron chi connectivity index (χ4n) is 3.28. The van der Waals surface area contributed by atoms with Crippen molar-refractivity contribution in [2.75, 3.05) is 36.4 Å². The van der Waals surface area contributed by atoms with Crippen molar-refractivity contribution in [3.63, 3.8) is 0 Å². The number of aliphatic imine (C=N–C) groups is 1. The number of guanidine groups is 1. The highest BCUT2D eigenvalue weighted by Gasteiger charge is 2.23. The minimum atomic E-state index is -0.208. The molecule has 1 heterocycles. The van der Waals surface area contributed by atoms with Crippen LogP contribution in [0.4, 0.5) is 11.4 Å². The number of nitrogens with one attached hydrogen (secondary N) is 3. The lowest BCUT2D eigenvalue weighted by Crippen LogP contribution is -2.45. The first kappa shape index (κ1) is 23.8. The van der Waals surface area contributed by atoms with E-state index in [2.05, 4.69) is 57.0 Å². The predicted octanol–water partition coefficient (Wildman–Crippen LogP) is 3.09. The van der Waals surface area contributed by atoms with E-state index in [1.807, 2.05) is 6.92 Å². The van der Waals surface area contributed by atoms with E-state index in [1.54, 1.807) is 12.1 Å². The summed E-state index contributed by atoms with van der Waals surface area (Å²) in [5.74, 6) is 0.598. The molecular formula is C22H30IN5O2. The highest BCUT2D eigenvalue weighted by atomic mass is 127. The first-order valence-electron chi connectivity index (χ1n) is 9.99. The molecular weight excluding hydrogens is 493 g/mol. The Morgan fingerprint density at radius 2 is 1.87 bits per heavy atom. The minimum Gasteiger partial charge on any atom is -0.508 e. The van der Waals surface area contributed by atoms with E-state index in [9.17, 15) is 9.90 Å². The van der Waals surface area contributed by atoms with Gasteiger partial charge in [-0.3, -0.25) is 4.79 Å². The third-order valence-corrected chi connectivity index (χ3v) is 4.80. The smallest absolute Gasteiger partial charge is 0.246 e. The monoisotopic (exact) mass is 523 g/mol. The number of carbonyl (C=O) groups excluding carboxylic acids is 1. The van der Waals surface area contributed by atoms with Crippen molar-refractivity contribution < 1.29 is 9.90 Å². The third-order valence-electron chi connectivity index (χ3n) is 4.80. The van der Waals surface area contributed by atoms with Crippen LogP contribution in [0.1, 0.15) is 18.9 Å². The average Bonchev–Trinajstić information content (AvgIpc) is 3.17. The lowest BCUT2D eigenvalue weighted by Gasteiger charge is -2.20. The number of nitrogens with zero attached hydrogens (tertiary/aromatic N) is 2. The van der Waals surface area contributed by atoms with Gasteiger partial charge in [-0.25, -0.2) is 4.99 Å². The molecule has 162 valence electrons. The van der Waals surface area contributed by atoms with Crippen molar-refractivity contribution in [3.8, 4) is 5.75 Å². The zero-order valence-electron chi connectivity index (χ0n) is 17.4. The molecule has 1 amide bonds. The first-order chi connectivity index (χ1) is 14.0. The maximum absolute atomic E-state index is 12.2. The molecule has 1 fully saturated rings. The Balaban J connectivity index is 0.00000320. The van der Waals surface area contributed by atoms with Crippen LogP contribution in [-0.2, 0) is 4.79 Å². The number of hydrogen-bond acceptors (Lipinski definition) is 4. The zero-order chi connectivity index (χ0) is 20.6. The lowest BCUT2D eigenvalue weighted by molar-refractivity contribution is -0.114. The molecule has 8 heteroatoms. The standard InChI is InChI=1S/C22H29N5O2.HI/c1-3-23-22(24-14-21(29)25-17-6-10-20(28)11-7-17)26-18-12-13-27(15-18)19-8-4-16(2)5-9-19;/h4-11,18,28H,3,12-15H2,1-2H3,(H,25,29)(H2,23,24,26);1H. The van der Waals surface area contributed by atoms with Crippen LogP contribution < -0.4 is 20.9 Å². The number of phenolic OH excluding ortho intramolecular Hbond substituents is 1. The molecule has 0 radical (unpaired) electrons. The number of halogens is 1. The normalized spacial score (nSPS) is 16.0. The molecule has 0 saturated carbocycles. The quantitative estimate of drug-likeness (QED) is 0.202. The second-order valence-corrected chi connectivity index (χ2v) is 7.20. The summed E-state index contributed by atoms with van der Waals surface area (Å²) in [5, 5.41) is 18.7.